The van der Waals surface area contributed by atoms with Crippen LogP contribution in [0.3, 0.4) is 0 Å². The summed E-state index contributed by atoms with van der Waals surface area (Å²) in [6.07, 6.45) is 0. The van der Waals surface area contributed by atoms with Gasteiger partial charge in [0.1, 0.15) is 5.82 Å². The van der Waals surface area contributed by atoms with E-state index in [9.17, 15) is 0 Å². The molecule has 5 aromatic carbocycles. The quantitative estimate of drug-likeness (QED) is 0.261. The fraction of sp³-hybridized carbons (Fsp3) is 0. The zero-order chi connectivity index (χ0) is 22.9. The number of fused-ring (bicyclic) bond motifs is 7. The third-order valence-electron chi connectivity index (χ3n) is 7.34. The average Bonchev–Trinajstić information content (AvgIpc) is 3.44. The number of benzene rings is 5. The Morgan fingerprint density at radius 2 is 1.26 bits per heavy atom. The second kappa shape index (κ2) is 6.91. The van der Waals surface area contributed by atoms with Crippen molar-refractivity contribution in [3.05, 3.63) is 121 Å². The molecule has 35 heavy (non-hydrogen) atoms. The lowest BCUT2D eigenvalue weighted by molar-refractivity contribution is 1.08. The van der Waals surface area contributed by atoms with Gasteiger partial charge in [0, 0.05) is 21.9 Å². The molecule has 0 amide bonds. The van der Waals surface area contributed by atoms with E-state index < -0.39 is 0 Å². The molecule has 0 fully saturated rings. The van der Waals surface area contributed by atoms with Crippen LogP contribution in [-0.2, 0) is 0 Å². The van der Waals surface area contributed by atoms with E-state index in [2.05, 4.69) is 120 Å². The number of nitrogens with zero attached hydrogens (tertiary/aromatic N) is 2. The van der Waals surface area contributed by atoms with E-state index in [1.165, 1.54) is 54.8 Å². The Bertz CT molecular complexity index is 1940. The summed E-state index contributed by atoms with van der Waals surface area (Å²) in [5.41, 5.74) is 9.78. The van der Waals surface area contributed by atoms with Crippen LogP contribution in [0.15, 0.2) is 121 Å². The van der Waals surface area contributed by atoms with Crippen molar-refractivity contribution >= 4 is 32.6 Å². The molecule has 0 bridgehead atoms. The van der Waals surface area contributed by atoms with Crippen molar-refractivity contribution in [2.24, 2.45) is 0 Å². The van der Waals surface area contributed by atoms with E-state index in [-0.39, 0.29) is 0 Å². The minimum atomic E-state index is 0.936. The Balaban J connectivity index is 1.48. The van der Waals surface area contributed by atoms with Gasteiger partial charge in [-0.1, -0.05) is 97.1 Å². The normalized spacial score (nSPS) is 12.0. The lowest BCUT2D eigenvalue weighted by atomic mass is 9.98. The first kappa shape index (κ1) is 18.7. The molecule has 162 valence electrons. The molecule has 0 spiro atoms. The average molecular weight is 445 g/mol. The molecule has 1 aliphatic rings. The number of rotatable bonds is 2. The smallest absolute Gasteiger partial charge is 0.138 e. The van der Waals surface area contributed by atoms with Crippen LogP contribution in [0.5, 0.6) is 0 Å². The number of hydrogen-bond donors (Lipinski definition) is 0. The van der Waals surface area contributed by atoms with Crippen molar-refractivity contribution in [1.82, 2.24) is 9.55 Å². The SMILES string of the molecule is c1ccc(-c2cccc(-n3c4ccccc4c4c5c(ccc43)-c3cccc4cccc-5c34)n2)cc1. The molecule has 2 heteroatoms. The van der Waals surface area contributed by atoms with Crippen LogP contribution < -0.4 is 0 Å². The maximum absolute atomic E-state index is 5.12. The van der Waals surface area contributed by atoms with Gasteiger partial charge in [0.25, 0.3) is 0 Å². The van der Waals surface area contributed by atoms with Crippen LogP contribution in [0, 0.1) is 0 Å². The van der Waals surface area contributed by atoms with Crippen molar-refractivity contribution < 1.29 is 0 Å². The van der Waals surface area contributed by atoms with E-state index in [0.29, 0.717) is 0 Å². The maximum atomic E-state index is 5.12. The lowest BCUT2D eigenvalue weighted by Crippen LogP contribution is -1.98. The topological polar surface area (TPSA) is 17.8 Å². The fourth-order valence-electron chi connectivity index (χ4n) is 5.90. The van der Waals surface area contributed by atoms with Crippen molar-refractivity contribution in [3.8, 4) is 39.3 Å². The summed E-state index contributed by atoms with van der Waals surface area (Å²) < 4.78 is 2.32. The predicted octanol–water partition coefficient (Wildman–Crippen LogP) is 8.65. The first-order valence-corrected chi connectivity index (χ1v) is 12.0. The monoisotopic (exact) mass is 444 g/mol. The van der Waals surface area contributed by atoms with Gasteiger partial charge in [-0.3, -0.25) is 4.57 Å². The van der Waals surface area contributed by atoms with Gasteiger partial charge >= 0.3 is 0 Å². The van der Waals surface area contributed by atoms with Gasteiger partial charge in [-0.05, 0) is 51.7 Å². The Morgan fingerprint density at radius 3 is 2.14 bits per heavy atom. The summed E-state index contributed by atoms with van der Waals surface area (Å²) in [5, 5.41) is 5.22. The van der Waals surface area contributed by atoms with Gasteiger partial charge < -0.3 is 0 Å². The first-order chi connectivity index (χ1) is 17.4. The molecular weight excluding hydrogens is 424 g/mol. The van der Waals surface area contributed by atoms with Gasteiger partial charge in [0.15, 0.2) is 0 Å². The lowest BCUT2D eigenvalue weighted by Gasteiger charge is -2.10. The van der Waals surface area contributed by atoms with Crippen LogP contribution in [0.1, 0.15) is 0 Å². The molecule has 0 saturated heterocycles. The third kappa shape index (κ3) is 2.51. The summed E-state index contributed by atoms with van der Waals surface area (Å²) in [6, 6.07) is 43.3. The molecule has 7 aromatic rings. The second-order valence-electron chi connectivity index (χ2n) is 9.19. The van der Waals surface area contributed by atoms with Crippen molar-refractivity contribution in [1.29, 1.82) is 0 Å². The summed E-state index contributed by atoms with van der Waals surface area (Å²) in [5.74, 6) is 0.936. The highest BCUT2D eigenvalue weighted by atomic mass is 15.1. The van der Waals surface area contributed by atoms with E-state index >= 15 is 0 Å². The maximum Gasteiger partial charge on any atom is 0.138 e. The number of aromatic nitrogens is 2. The van der Waals surface area contributed by atoms with Gasteiger partial charge in [0.05, 0.1) is 16.7 Å². The van der Waals surface area contributed by atoms with E-state index in [1.54, 1.807) is 0 Å². The first-order valence-electron chi connectivity index (χ1n) is 12.0. The zero-order valence-corrected chi connectivity index (χ0v) is 18.9. The molecule has 0 aliphatic heterocycles. The molecule has 0 atom stereocenters. The highest BCUT2D eigenvalue weighted by molar-refractivity contribution is 6.26. The molecule has 0 radical (unpaired) electrons. The molecule has 8 rings (SSSR count). The minimum absolute atomic E-state index is 0.936. The van der Waals surface area contributed by atoms with Gasteiger partial charge in [0.2, 0.25) is 0 Å². The van der Waals surface area contributed by atoms with Crippen molar-refractivity contribution in [2.45, 2.75) is 0 Å². The summed E-state index contributed by atoms with van der Waals surface area (Å²) in [4.78, 5) is 5.12. The van der Waals surface area contributed by atoms with E-state index in [0.717, 1.165) is 17.1 Å². The molecule has 2 heterocycles. The van der Waals surface area contributed by atoms with Crippen LogP contribution in [0.4, 0.5) is 0 Å². The molecule has 0 unspecified atom stereocenters. The minimum Gasteiger partial charge on any atom is -0.294 e. The van der Waals surface area contributed by atoms with Gasteiger partial charge in [-0.25, -0.2) is 4.98 Å². The highest BCUT2D eigenvalue weighted by Gasteiger charge is 2.26. The third-order valence-corrected chi connectivity index (χ3v) is 7.34. The second-order valence-corrected chi connectivity index (χ2v) is 9.19. The number of pyridine rings is 1. The largest absolute Gasteiger partial charge is 0.294 e. The molecule has 0 N–H and O–H groups in total. The Labute approximate surface area is 202 Å². The summed E-state index contributed by atoms with van der Waals surface area (Å²) >= 11 is 0. The molecule has 2 nitrogen and oxygen atoms in total. The van der Waals surface area contributed by atoms with E-state index in [4.69, 9.17) is 4.98 Å². The standard InChI is InChI=1S/C33H20N2/c1-2-9-21(10-3-1)27-16-8-18-30(34-27)35-28-17-5-4-13-25(28)33-29(35)20-19-24-23-14-6-11-22-12-7-15-26(31(22)23)32(24)33/h1-20H. The molecule has 0 saturated carbocycles. The fourth-order valence-corrected chi connectivity index (χ4v) is 5.90. The number of para-hydroxylation sites is 1. The molecular formula is C33H20N2. The van der Waals surface area contributed by atoms with Gasteiger partial charge in [-0.15, -0.1) is 0 Å². The predicted molar refractivity (Wildman–Crippen MR) is 146 cm³/mol. The van der Waals surface area contributed by atoms with Crippen molar-refractivity contribution in [3.63, 3.8) is 0 Å². The summed E-state index contributed by atoms with van der Waals surface area (Å²) in [7, 11) is 0. The van der Waals surface area contributed by atoms with Crippen LogP contribution in [-0.4, -0.2) is 9.55 Å². The van der Waals surface area contributed by atoms with Crippen molar-refractivity contribution in [2.75, 3.05) is 0 Å². The Morgan fingerprint density at radius 1 is 0.486 bits per heavy atom. The zero-order valence-electron chi connectivity index (χ0n) is 18.9. The van der Waals surface area contributed by atoms with Gasteiger partial charge in [-0.2, -0.15) is 0 Å². The molecule has 1 aliphatic carbocycles. The highest BCUT2D eigenvalue weighted by Crippen LogP contribution is 2.52. The van der Waals surface area contributed by atoms with Crippen LogP contribution >= 0.6 is 0 Å². The summed E-state index contributed by atoms with van der Waals surface area (Å²) in [6.45, 7) is 0. The van der Waals surface area contributed by atoms with Crippen LogP contribution in [0.2, 0.25) is 0 Å². The Kier molecular flexibility index (Phi) is 3.69. The van der Waals surface area contributed by atoms with E-state index in [1.807, 2.05) is 6.07 Å². The number of hydrogen-bond acceptors (Lipinski definition) is 1. The van der Waals surface area contributed by atoms with Crippen LogP contribution in [0.25, 0.3) is 71.9 Å². The Hall–Kier alpha value is -4.69. The molecule has 2 aromatic heterocycles.